The van der Waals surface area contributed by atoms with Gasteiger partial charge in [-0.3, -0.25) is 9.52 Å². The number of benzene rings is 2. The van der Waals surface area contributed by atoms with Gasteiger partial charge < -0.3 is 10.1 Å². The predicted molar refractivity (Wildman–Crippen MR) is 112 cm³/mol. The molecular weight excluding hydrogens is 390 g/mol. The molecule has 0 atom stereocenters. The van der Waals surface area contributed by atoms with E-state index in [4.69, 9.17) is 4.74 Å². The molecule has 0 fully saturated rings. The van der Waals surface area contributed by atoms with E-state index < -0.39 is 10.0 Å². The van der Waals surface area contributed by atoms with E-state index in [1.807, 2.05) is 19.9 Å². The third kappa shape index (κ3) is 5.11. The van der Waals surface area contributed by atoms with Gasteiger partial charge in [0, 0.05) is 17.4 Å². The van der Waals surface area contributed by atoms with Crippen molar-refractivity contribution in [3.05, 3.63) is 78.0 Å². The van der Waals surface area contributed by atoms with Gasteiger partial charge in [0.05, 0.1) is 11.5 Å². The van der Waals surface area contributed by atoms with Crippen molar-refractivity contribution >= 4 is 27.4 Å². The first-order valence-corrected chi connectivity index (χ1v) is 10.5. The number of aryl methyl sites for hydroxylation is 1. The molecule has 1 amide bonds. The zero-order valence-electron chi connectivity index (χ0n) is 16.0. The molecule has 2 N–H and O–H groups in total. The van der Waals surface area contributed by atoms with Gasteiger partial charge in [-0.25, -0.2) is 13.4 Å². The largest absolute Gasteiger partial charge is 0.494 e. The SMILES string of the molecule is CCOc1ccc(S(=O)(=O)Nc2cccc(C(=O)Nc3ncccc3C)c2)cc1. The minimum atomic E-state index is -3.80. The van der Waals surface area contributed by atoms with E-state index in [-0.39, 0.29) is 16.5 Å². The van der Waals surface area contributed by atoms with Crippen LogP contribution in [0.5, 0.6) is 5.75 Å². The van der Waals surface area contributed by atoms with Crippen LogP contribution in [0.25, 0.3) is 0 Å². The lowest BCUT2D eigenvalue weighted by Gasteiger charge is -2.11. The average molecular weight is 411 g/mol. The highest BCUT2D eigenvalue weighted by molar-refractivity contribution is 7.92. The van der Waals surface area contributed by atoms with Crippen molar-refractivity contribution in [1.29, 1.82) is 0 Å². The van der Waals surface area contributed by atoms with E-state index in [1.165, 1.54) is 18.2 Å². The maximum atomic E-state index is 12.6. The van der Waals surface area contributed by atoms with Crippen molar-refractivity contribution in [2.45, 2.75) is 18.7 Å². The van der Waals surface area contributed by atoms with E-state index in [0.29, 0.717) is 23.7 Å². The van der Waals surface area contributed by atoms with Crippen LogP contribution in [0.2, 0.25) is 0 Å². The lowest BCUT2D eigenvalue weighted by atomic mass is 10.2. The van der Waals surface area contributed by atoms with Crippen LogP contribution in [-0.4, -0.2) is 25.9 Å². The quantitative estimate of drug-likeness (QED) is 0.616. The molecule has 8 heteroatoms. The van der Waals surface area contributed by atoms with Crippen LogP contribution >= 0.6 is 0 Å². The van der Waals surface area contributed by atoms with Crippen LogP contribution in [0, 0.1) is 6.92 Å². The second-order valence-electron chi connectivity index (χ2n) is 6.21. The van der Waals surface area contributed by atoms with Gasteiger partial charge in [0.15, 0.2) is 0 Å². The number of anilines is 2. The molecule has 0 spiro atoms. The summed E-state index contributed by atoms with van der Waals surface area (Å²) in [6.45, 7) is 4.19. The highest BCUT2D eigenvalue weighted by atomic mass is 32.2. The molecule has 2 aromatic carbocycles. The lowest BCUT2D eigenvalue weighted by Crippen LogP contribution is -2.16. The van der Waals surface area contributed by atoms with Crippen LogP contribution in [0.3, 0.4) is 0 Å². The number of rotatable bonds is 7. The Labute approximate surface area is 169 Å². The fourth-order valence-corrected chi connectivity index (χ4v) is 3.67. The molecule has 150 valence electrons. The summed E-state index contributed by atoms with van der Waals surface area (Å²) in [6.07, 6.45) is 1.59. The zero-order chi connectivity index (χ0) is 20.9. The monoisotopic (exact) mass is 411 g/mol. The normalized spacial score (nSPS) is 11.0. The minimum Gasteiger partial charge on any atom is -0.494 e. The second kappa shape index (κ2) is 8.74. The standard InChI is InChI=1S/C21H21N3O4S/c1-3-28-18-9-11-19(12-10-18)29(26,27)24-17-8-4-7-16(14-17)21(25)23-20-15(2)6-5-13-22-20/h4-14,24H,3H2,1-2H3,(H,22,23,25). The van der Waals surface area contributed by atoms with Crippen molar-refractivity contribution in [1.82, 2.24) is 4.98 Å². The first-order chi connectivity index (χ1) is 13.9. The van der Waals surface area contributed by atoms with E-state index in [1.54, 1.807) is 42.6 Å². The van der Waals surface area contributed by atoms with Crippen molar-refractivity contribution < 1.29 is 17.9 Å². The molecule has 0 bridgehead atoms. The first-order valence-electron chi connectivity index (χ1n) is 8.98. The molecule has 29 heavy (non-hydrogen) atoms. The van der Waals surface area contributed by atoms with Crippen LogP contribution in [-0.2, 0) is 10.0 Å². The van der Waals surface area contributed by atoms with E-state index in [0.717, 1.165) is 5.56 Å². The molecule has 0 aliphatic carbocycles. The Morgan fingerprint density at radius 2 is 1.83 bits per heavy atom. The highest BCUT2D eigenvalue weighted by Crippen LogP contribution is 2.20. The summed E-state index contributed by atoms with van der Waals surface area (Å²) < 4.78 is 33.1. The number of nitrogens with one attached hydrogen (secondary N) is 2. The number of sulfonamides is 1. The van der Waals surface area contributed by atoms with E-state index in [9.17, 15) is 13.2 Å². The number of carbonyl (C=O) groups is 1. The summed E-state index contributed by atoms with van der Waals surface area (Å²) >= 11 is 0. The zero-order valence-corrected chi connectivity index (χ0v) is 16.9. The van der Waals surface area contributed by atoms with Gasteiger partial charge >= 0.3 is 0 Å². The fourth-order valence-electron chi connectivity index (χ4n) is 2.62. The summed E-state index contributed by atoms with van der Waals surface area (Å²) in [5, 5.41) is 2.73. The fraction of sp³-hybridized carbons (Fsp3) is 0.143. The Morgan fingerprint density at radius 1 is 1.07 bits per heavy atom. The van der Waals surface area contributed by atoms with Crippen LogP contribution in [0.1, 0.15) is 22.8 Å². The summed E-state index contributed by atoms with van der Waals surface area (Å²) in [4.78, 5) is 16.7. The molecule has 7 nitrogen and oxygen atoms in total. The lowest BCUT2D eigenvalue weighted by molar-refractivity contribution is 0.102. The van der Waals surface area contributed by atoms with Crippen molar-refractivity contribution in [3.63, 3.8) is 0 Å². The molecular formula is C21H21N3O4S. The van der Waals surface area contributed by atoms with Gasteiger partial charge in [-0.1, -0.05) is 12.1 Å². The summed E-state index contributed by atoms with van der Waals surface area (Å²) in [7, 11) is -3.80. The van der Waals surface area contributed by atoms with Crippen molar-refractivity contribution in [2.75, 3.05) is 16.6 Å². The van der Waals surface area contributed by atoms with Gasteiger partial charge in [-0.2, -0.15) is 0 Å². The molecule has 0 saturated carbocycles. The summed E-state index contributed by atoms with van der Waals surface area (Å²) in [5.41, 5.74) is 1.42. The highest BCUT2D eigenvalue weighted by Gasteiger charge is 2.16. The number of hydrogen-bond acceptors (Lipinski definition) is 5. The molecule has 0 unspecified atom stereocenters. The number of amides is 1. The molecule has 3 rings (SSSR count). The molecule has 1 aromatic heterocycles. The maximum absolute atomic E-state index is 12.6. The Bertz CT molecular complexity index is 1110. The number of hydrogen-bond donors (Lipinski definition) is 2. The topological polar surface area (TPSA) is 97.4 Å². The first kappa shape index (κ1) is 20.3. The Morgan fingerprint density at radius 3 is 2.52 bits per heavy atom. The van der Waals surface area contributed by atoms with Gasteiger partial charge in [0.2, 0.25) is 0 Å². The molecule has 0 aliphatic rings. The number of carbonyl (C=O) groups excluding carboxylic acids is 1. The number of pyridine rings is 1. The van der Waals surface area contributed by atoms with Gasteiger partial charge in [0.25, 0.3) is 15.9 Å². The van der Waals surface area contributed by atoms with E-state index in [2.05, 4.69) is 15.0 Å². The van der Waals surface area contributed by atoms with Gasteiger partial charge in [0.1, 0.15) is 11.6 Å². The Kier molecular flexibility index (Phi) is 6.13. The number of ether oxygens (including phenoxy) is 1. The smallest absolute Gasteiger partial charge is 0.261 e. The Balaban J connectivity index is 1.76. The second-order valence-corrected chi connectivity index (χ2v) is 7.90. The number of aromatic nitrogens is 1. The Hall–Kier alpha value is -3.39. The third-order valence-electron chi connectivity index (χ3n) is 4.06. The van der Waals surface area contributed by atoms with Crippen LogP contribution < -0.4 is 14.8 Å². The third-order valence-corrected chi connectivity index (χ3v) is 5.46. The predicted octanol–water partition coefficient (Wildman–Crippen LogP) is 3.84. The van der Waals surface area contributed by atoms with Gasteiger partial charge in [-0.05, 0) is 67.9 Å². The van der Waals surface area contributed by atoms with Crippen molar-refractivity contribution in [2.24, 2.45) is 0 Å². The van der Waals surface area contributed by atoms with Crippen molar-refractivity contribution in [3.8, 4) is 5.75 Å². The molecule has 1 heterocycles. The molecule has 0 aliphatic heterocycles. The summed E-state index contributed by atoms with van der Waals surface area (Å²) in [6, 6.07) is 16.0. The molecule has 3 aromatic rings. The number of nitrogens with zero attached hydrogens (tertiary/aromatic N) is 1. The average Bonchev–Trinajstić information content (AvgIpc) is 2.70. The molecule has 0 radical (unpaired) electrons. The van der Waals surface area contributed by atoms with E-state index >= 15 is 0 Å². The maximum Gasteiger partial charge on any atom is 0.261 e. The minimum absolute atomic E-state index is 0.0971. The van der Waals surface area contributed by atoms with Gasteiger partial charge in [-0.15, -0.1) is 0 Å². The molecule has 0 saturated heterocycles. The summed E-state index contributed by atoms with van der Waals surface area (Å²) in [5.74, 6) is 0.668. The van der Waals surface area contributed by atoms with Crippen LogP contribution in [0.15, 0.2) is 71.8 Å². The van der Waals surface area contributed by atoms with Crippen LogP contribution in [0.4, 0.5) is 11.5 Å².